The van der Waals surface area contributed by atoms with Crippen LogP contribution in [-0.2, 0) is 0 Å². The number of H-pyrrole nitrogens is 1. The summed E-state index contributed by atoms with van der Waals surface area (Å²) in [6, 6.07) is 1.95. The van der Waals surface area contributed by atoms with Gasteiger partial charge >= 0.3 is 0 Å². The zero-order chi connectivity index (χ0) is 12.8. The molecule has 18 heavy (non-hydrogen) atoms. The molecule has 3 rings (SSSR count). The minimum atomic E-state index is 0.217. The molecule has 96 valence electrons. The van der Waals surface area contributed by atoms with Crippen molar-refractivity contribution in [1.82, 2.24) is 19.9 Å². The smallest absolute Gasteiger partial charge is 0.226 e. The van der Waals surface area contributed by atoms with Crippen molar-refractivity contribution in [2.75, 3.05) is 13.1 Å². The predicted molar refractivity (Wildman–Crippen MR) is 69.6 cm³/mol. The molecule has 1 saturated heterocycles. The molecular formula is C13H18N4O. The van der Waals surface area contributed by atoms with Gasteiger partial charge in [-0.1, -0.05) is 0 Å². The lowest BCUT2D eigenvalue weighted by molar-refractivity contribution is -0.0361. The number of aromatic nitrogens is 3. The van der Waals surface area contributed by atoms with Gasteiger partial charge in [-0.15, -0.1) is 0 Å². The van der Waals surface area contributed by atoms with Crippen LogP contribution in [-0.4, -0.2) is 44.6 Å². The van der Waals surface area contributed by atoms with Gasteiger partial charge in [0.1, 0.15) is 18.1 Å². The van der Waals surface area contributed by atoms with Crippen molar-refractivity contribution in [3.8, 4) is 5.88 Å². The highest BCUT2D eigenvalue weighted by Crippen LogP contribution is 2.26. The first-order valence-electron chi connectivity index (χ1n) is 6.24. The Kier molecular flexibility index (Phi) is 2.52. The number of aromatic amines is 1. The third-order valence-corrected chi connectivity index (χ3v) is 3.39. The fourth-order valence-corrected chi connectivity index (χ4v) is 2.16. The molecule has 0 radical (unpaired) electrons. The first-order chi connectivity index (χ1) is 8.54. The van der Waals surface area contributed by atoms with Crippen LogP contribution in [0.25, 0.3) is 11.0 Å². The van der Waals surface area contributed by atoms with E-state index in [1.807, 2.05) is 12.3 Å². The van der Waals surface area contributed by atoms with E-state index in [1.54, 1.807) is 0 Å². The number of likely N-dealkylation sites (tertiary alicyclic amines) is 1. The third-order valence-electron chi connectivity index (χ3n) is 3.39. The van der Waals surface area contributed by atoms with Crippen LogP contribution in [0.1, 0.15) is 20.8 Å². The van der Waals surface area contributed by atoms with Crippen LogP contribution in [0, 0.1) is 0 Å². The Labute approximate surface area is 106 Å². The molecule has 0 atom stereocenters. The van der Waals surface area contributed by atoms with Gasteiger partial charge in [0.05, 0.1) is 5.39 Å². The maximum Gasteiger partial charge on any atom is 0.226 e. The molecule has 1 aliphatic heterocycles. The Hall–Kier alpha value is -1.62. The Balaban J connectivity index is 1.70. The van der Waals surface area contributed by atoms with Gasteiger partial charge in [0, 0.05) is 24.8 Å². The number of hydrogen-bond donors (Lipinski definition) is 1. The monoisotopic (exact) mass is 246 g/mol. The van der Waals surface area contributed by atoms with E-state index < -0.39 is 0 Å². The van der Waals surface area contributed by atoms with Gasteiger partial charge < -0.3 is 9.72 Å². The first kappa shape index (κ1) is 11.5. The number of ether oxygens (including phenoxy) is 1. The third kappa shape index (κ3) is 1.95. The van der Waals surface area contributed by atoms with Gasteiger partial charge in [0.2, 0.25) is 5.88 Å². The van der Waals surface area contributed by atoms with Crippen LogP contribution in [0.2, 0.25) is 0 Å². The second-order valence-electron chi connectivity index (χ2n) is 5.73. The summed E-state index contributed by atoms with van der Waals surface area (Å²) in [7, 11) is 0. The Morgan fingerprint density at radius 2 is 2.11 bits per heavy atom. The van der Waals surface area contributed by atoms with Crippen molar-refractivity contribution in [1.29, 1.82) is 0 Å². The fraction of sp³-hybridized carbons (Fsp3) is 0.538. The quantitative estimate of drug-likeness (QED) is 0.878. The number of nitrogens with one attached hydrogen (secondary N) is 1. The molecule has 1 N–H and O–H groups in total. The summed E-state index contributed by atoms with van der Waals surface area (Å²) < 4.78 is 5.93. The van der Waals surface area contributed by atoms with E-state index in [0.717, 1.165) is 24.1 Å². The predicted octanol–water partition coefficient (Wildman–Crippen LogP) is 1.82. The van der Waals surface area contributed by atoms with Crippen LogP contribution in [0.3, 0.4) is 0 Å². The molecule has 0 spiro atoms. The second kappa shape index (κ2) is 3.95. The van der Waals surface area contributed by atoms with Crippen molar-refractivity contribution in [2.24, 2.45) is 0 Å². The highest BCUT2D eigenvalue weighted by Gasteiger charge is 2.36. The van der Waals surface area contributed by atoms with Gasteiger partial charge in [-0.25, -0.2) is 9.97 Å². The van der Waals surface area contributed by atoms with Crippen LogP contribution in [0.15, 0.2) is 18.6 Å². The lowest BCUT2D eigenvalue weighted by Gasteiger charge is -2.46. The molecule has 2 aromatic heterocycles. The molecular weight excluding hydrogens is 228 g/mol. The summed E-state index contributed by atoms with van der Waals surface area (Å²) in [5, 5.41) is 0.951. The van der Waals surface area contributed by atoms with E-state index in [0.29, 0.717) is 5.88 Å². The Bertz CT molecular complexity index is 551. The number of nitrogens with zero attached hydrogens (tertiary/aromatic N) is 3. The van der Waals surface area contributed by atoms with E-state index in [-0.39, 0.29) is 11.6 Å². The van der Waals surface area contributed by atoms with E-state index in [1.165, 1.54) is 6.33 Å². The van der Waals surface area contributed by atoms with Gasteiger partial charge in [-0.3, -0.25) is 4.90 Å². The first-order valence-corrected chi connectivity index (χ1v) is 6.24. The van der Waals surface area contributed by atoms with Crippen LogP contribution < -0.4 is 4.74 Å². The molecule has 5 heteroatoms. The molecule has 0 bridgehead atoms. The molecule has 2 aromatic rings. The molecule has 0 aromatic carbocycles. The fourth-order valence-electron chi connectivity index (χ4n) is 2.16. The van der Waals surface area contributed by atoms with E-state index in [2.05, 4.69) is 40.6 Å². The highest BCUT2D eigenvalue weighted by atomic mass is 16.5. The minimum Gasteiger partial charge on any atom is -0.471 e. The summed E-state index contributed by atoms with van der Waals surface area (Å²) in [5.41, 5.74) is 1.04. The van der Waals surface area contributed by atoms with Crippen LogP contribution in [0.4, 0.5) is 0 Å². The van der Waals surface area contributed by atoms with Gasteiger partial charge in [0.25, 0.3) is 0 Å². The van der Waals surface area contributed by atoms with E-state index in [9.17, 15) is 0 Å². The summed E-state index contributed by atoms with van der Waals surface area (Å²) in [6.07, 6.45) is 3.63. The average molecular weight is 246 g/mol. The van der Waals surface area contributed by atoms with Crippen LogP contribution >= 0.6 is 0 Å². The maximum absolute atomic E-state index is 5.93. The number of fused-ring (bicyclic) bond motifs is 1. The maximum atomic E-state index is 5.93. The summed E-state index contributed by atoms with van der Waals surface area (Å²) >= 11 is 0. The molecule has 3 heterocycles. The van der Waals surface area contributed by atoms with E-state index >= 15 is 0 Å². The molecule has 1 aliphatic rings. The Morgan fingerprint density at radius 3 is 2.83 bits per heavy atom. The summed E-state index contributed by atoms with van der Waals surface area (Å²) in [5.74, 6) is 0.680. The largest absolute Gasteiger partial charge is 0.471 e. The molecule has 0 saturated carbocycles. The average Bonchev–Trinajstić information content (AvgIpc) is 2.69. The summed E-state index contributed by atoms with van der Waals surface area (Å²) in [6.45, 7) is 8.58. The molecule has 0 amide bonds. The SMILES string of the molecule is CC(C)(C)N1CC(Oc2ncnc3[nH]ccc23)C1. The minimum absolute atomic E-state index is 0.217. The normalized spacial score (nSPS) is 17.9. The lowest BCUT2D eigenvalue weighted by atomic mass is 9.99. The molecule has 0 aliphatic carbocycles. The molecule has 5 nitrogen and oxygen atoms in total. The highest BCUT2D eigenvalue weighted by molar-refractivity contribution is 5.80. The van der Waals surface area contributed by atoms with Gasteiger partial charge in [0.15, 0.2) is 0 Å². The van der Waals surface area contributed by atoms with Crippen molar-refractivity contribution >= 4 is 11.0 Å². The second-order valence-corrected chi connectivity index (χ2v) is 5.73. The van der Waals surface area contributed by atoms with Gasteiger partial charge in [-0.05, 0) is 26.8 Å². The summed E-state index contributed by atoms with van der Waals surface area (Å²) in [4.78, 5) is 13.8. The molecule has 0 unspecified atom stereocenters. The van der Waals surface area contributed by atoms with Crippen molar-refractivity contribution in [2.45, 2.75) is 32.4 Å². The number of hydrogen-bond acceptors (Lipinski definition) is 4. The van der Waals surface area contributed by atoms with Crippen molar-refractivity contribution in [3.05, 3.63) is 18.6 Å². The van der Waals surface area contributed by atoms with Gasteiger partial charge in [-0.2, -0.15) is 0 Å². The van der Waals surface area contributed by atoms with Crippen molar-refractivity contribution < 1.29 is 4.74 Å². The number of rotatable bonds is 2. The topological polar surface area (TPSA) is 54.0 Å². The zero-order valence-electron chi connectivity index (χ0n) is 11.0. The standard InChI is InChI=1S/C13H18N4O/c1-13(2,3)17-6-9(7-17)18-12-10-4-5-14-11(10)15-8-16-12/h4-5,8-9H,6-7H2,1-3H3,(H,14,15,16). The van der Waals surface area contributed by atoms with Crippen molar-refractivity contribution in [3.63, 3.8) is 0 Å². The lowest BCUT2D eigenvalue weighted by Crippen LogP contribution is -2.60. The van der Waals surface area contributed by atoms with Crippen LogP contribution in [0.5, 0.6) is 5.88 Å². The Morgan fingerprint density at radius 1 is 1.33 bits per heavy atom. The van der Waals surface area contributed by atoms with E-state index in [4.69, 9.17) is 4.74 Å². The zero-order valence-corrected chi connectivity index (χ0v) is 11.0. The molecule has 1 fully saturated rings.